The van der Waals surface area contributed by atoms with Crippen LogP contribution in [-0.4, -0.2) is 17.6 Å². The van der Waals surface area contributed by atoms with Gasteiger partial charge in [-0.2, -0.15) is 13.2 Å². The third-order valence-corrected chi connectivity index (χ3v) is 3.04. The third kappa shape index (κ3) is 3.58. The number of nitrogens with zero attached hydrogens (tertiary/aromatic N) is 1. The molecule has 0 spiro atoms. The highest BCUT2D eigenvalue weighted by atomic mass is 79.9. The number of aromatic nitrogens is 1. The van der Waals surface area contributed by atoms with Gasteiger partial charge in [-0.3, -0.25) is 9.78 Å². The lowest BCUT2D eigenvalue weighted by atomic mass is 10.2. The van der Waals surface area contributed by atoms with Gasteiger partial charge in [-0.25, -0.2) is 0 Å². The number of esters is 1. The van der Waals surface area contributed by atoms with Crippen LogP contribution < -0.4 is 0 Å². The van der Waals surface area contributed by atoms with Crippen LogP contribution in [-0.2, 0) is 15.7 Å². The zero-order valence-electron chi connectivity index (χ0n) is 9.09. The van der Waals surface area contributed by atoms with E-state index in [1.165, 1.54) is 0 Å². The monoisotopic (exact) mass is 345 g/mol. The van der Waals surface area contributed by atoms with Gasteiger partial charge >= 0.3 is 12.1 Å². The molecule has 1 aromatic rings. The van der Waals surface area contributed by atoms with Gasteiger partial charge in [0.05, 0.1) is 22.9 Å². The highest BCUT2D eigenvalue weighted by Gasteiger charge is 2.33. The van der Waals surface area contributed by atoms with Crippen LogP contribution in [0.4, 0.5) is 13.2 Å². The molecule has 1 rings (SSSR count). The SMILES string of the molecule is CCOC(=O)C(Br)c1ncc(C(F)(F)F)cc1Cl. The molecule has 0 fully saturated rings. The molecule has 0 aliphatic carbocycles. The Balaban J connectivity index is 3.02. The van der Waals surface area contributed by atoms with E-state index in [2.05, 4.69) is 20.9 Å². The van der Waals surface area contributed by atoms with Crippen molar-refractivity contribution in [2.75, 3.05) is 6.61 Å². The predicted molar refractivity (Wildman–Crippen MR) is 62.6 cm³/mol. The molecule has 3 nitrogen and oxygen atoms in total. The number of rotatable bonds is 3. The average Bonchev–Trinajstić information content (AvgIpc) is 2.27. The van der Waals surface area contributed by atoms with Crippen LogP contribution >= 0.6 is 27.5 Å². The molecule has 1 atom stereocenters. The standard InChI is InChI=1S/C10H8BrClF3NO2/c1-2-18-9(17)7(11)8-6(12)3-5(4-16-8)10(13,14)15/h3-4,7H,2H2,1H3. The summed E-state index contributed by atoms with van der Waals surface area (Å²) in [5.74, 6) is -0.661. The molecular formula is C10H8BrClF3NO2. The lowest BCUT2D eigenvalue weighted by molar-refractivity contribution is -0.142. The molecule has 0 amide bonds. The summed E-state index contributed by atoms with van der Waals surface area (Å²) in [4.78, 5) is 13.9. The molecular weight excluding hydrogens is 338 g/mol. The van der Waals surface area contributed by atoms with Crippen LogP contribution in [0.25, 0.3) is 0 Å². The molecule has 1 heterocycles. The van der Waals surface area contributed by atoms with E-state index in [4.69, 9.17) is 16.3 Å². The van der Waals surface area contributed by atoms with Gasteiger partial charge in [0.15, 0.2) is 4.83 Å². The smallest absolute Gasteiger partial charge is 0.417 e. The molecule has 0 aromatic carbocycles. The van der Waals surface area contributed by atoms with Crippen LogP contribution in [0.15, 0.2) is 12.3 Å². The molecule has 100 valence electrons. The van der Waals surface area contributed by atoms with Gasteiger partial charge in [0.1, 0.15) is 0 Å². The molecule has 1 unspecified atom stereocenters. The van der Waals surface area contributed by atoms with Crippen molar-refractivity contribution in [1.29, 1.82) is 0 Å². The van der Waals surface area contributed by atoms with Crippen molar-refractivity contribution in [1.82, 2.24) is 4.98 Å². The maximum absolute atomic E-state index is 12.4. The molecule has 0 aliphatic rings. The molecule has 0 N–H and O–H groups in total. The first-order valence-electron chi connectivity index (χ1n) is 4.80. The number of hydrogen-bond acceptors (Lipinski definition) is 3. The van der Waals surface area contributed by atoms with E-state index < -0.39 is 22.5 Å². The van der Waals surface area contributed by atoms with Crippen molar-refractivity contribution < 1.29 is 22.7 Å². The molecule has 1 aromatic heterocycles. The quantitative estimate of drug-likeness (QED) is 0.618. The van der Waals surface area contributed by atoms with Gasteiger partial charge < -0.3 is 4.74 Å². The minimum atomic E-state index is -4.53. The Labute approximate surface area is 114 Å². The minimum absolute atomic E-state index is 0.0110. The maximum atomic E-state index is 12.4. The van der Waals surface area contributed by atoms with Crippen molar-refractivity contribution >= 4 is 33.5 Å². The highest BCUT2D eigenvalue weighted by molar-refractivity contribution is 9.09. The van der Waals surface area contributed by atoms with E-state index >= 15 is 0 Å². The Morgan fingerprint density at radius 1 is 1.61 bits per heavy atom. The van der Waals surface area contributed by atoms with E-state index in [1.807, 2.05) is 0 Å². The summed E-state index contributed by atoms with van der Waals surface area (Å²) in [6.07, 6.45) is -3.91. The highest BCUT2D eigenvalue weighted by Crippen LogP contribution is 2.34. The lowest BCUT2D eigenvalue weighted by Crippen LogP contribution is -2.14. The Morgan fingerprint density at radius 2 is 2.22 bits per heavy atom. The van der Waals surface area contributed by atoms with Gasteiger partial charge in [0.2, 0.25) is 0 Å². The minimum Gasteiger partial charge on any atom is -0.465 e. The Bertz CT molecular complexity index is 453. The second-order valence-corrected chi connectivity index (χ2v) is 4.53. The number of carbonyl (C=O) groups excluding carboxylic acids is 1. The first-order chi connectivity index (χ1) is 8.27. The summed E-state index contributed by atoms with van der Waals surface area (Å²) >= 11 is 8.65. The number of halogens is 5. The van der Waals surface area contributed by atoms with E-state index in [0.717, 1.165) is 6.07 Å². The molecule has 0 saturated heterocycles. The summed E-state index contributed by atoms with van der Waals surface area (Å²) < 4.78 is 41.8. The second kappa shape index (κ2) is 5.88. The first-order valence-corrected chi connectivity index (χ1v) is 6.10. The lowest BCUT2D eigenvalue weighted by Gasteiger charge is -2.12. The van der Waals surface area contributed by atoms with Gasteiger partial charge in [-0.15, -0.1) is 0 Å². The van der Waals surface area contributed by atoms with Gasteiger partial charge in [0, 0.05) is 6.20 Å². The van der Waals surface area contributed by atoms with Crippen LogP contribution in [0.5, 0.6) is 0 Å². The molecule has 18 heavy (non-hydrogen) atoms. The molecule has 0 aliphatic heterocycles. The van der Waals surface area contributed by atoms with Crippen molar-refractivity contribution in [3.05, 3.63) is 28.5 Å². The van der Waals surface area contributed by atoms with Crippen LogP contribution in [0.1, 0.15) is 23.0 Å². The van der Waals surface area contributed by atoms with Crippen molar-refractivity contribution in [2.24, 2.45) is 0 Å². The van der Waals surface area contributed by atoms with Crippen LogP contribution in [0.3, 0.4) is 0 Å². The summed E-state index contributed by atoms with van der Waals surface area (Å²) in [5, 5.41) is -0.250. The largest absolute Gasteiger partial charge is 0.465 e. The normalized spacial score (nSPS) is 13.2. The summed E-state index contributed by atoms with van der Waals surface area (Å²) in [6, 6.07) is 0.720. The Morgan fingerprint density at radius 3 is 2.67 bits per heavy atom. The van der Waals surface area contributed by atoms with Gasteiger partial charge in [-0.05, 0) is 13.0 Å². The Hall–Kier alpha value is -0.820. The topological polar surface area (TPSA) is 39.2 Å². The summed E-state index contributed by atoms with van der Waals surface area (Å²) in [6.45, 7) is 1.76. The molecule has 8 heteroatoms. The van der Waals surface area contributed by atoms with Crippen molar-refractivity contribution in [3.63, 3.8) is 0 Å². The van der Waals surface area contributed by atoms with Crippen molar-refractivity contribution in [2.45, 2.75) is 17.9 Å². The number of hydrogen-bond donors (Lipinski definition) is 0. The number of alkyl halides is 4. The summed E-state index contributed by atoms with van der Waals surface area (Å²) in [7, 11) is 0. The van der Waals surface area contributed by atoms with Crippen LogP contribution in [0.2, 0.25) is 5.02 Å². The van der Waals surface area contributed by atoms with Crippen molar-refractivity contribution in [3.8, 4) is 0 Å². The van der Waals surface area contributed by atoms with E-state index in [1.54, 1.807) is 6.92 Å². The number of pyridine rings is 1. The molecule has 0 bridgehead atoms. The zero-order valence-corrected chi connectivity index (χ0v) is 11.4. The predicted octanol–water partition coefficient (Wildman–Crippen LogP) is 3.75. The fourth-order valence-corrected chi connectivity index (χ4v) is 2.02. The Kier molecular flexibility index (Phi) is 4.98. The fourth-order valence-electron chi connectivity index (χ4n) is 1.12. The van der Waals surface area contributed by atoms with Gasteiger partial charge in [-0.1, -0.05) is 27.5 Å². The van der Waals surface area contributed by atoms with E-state index in [0.29, 0.717) is 6.20 Å². The first kappa shape index (κ1) is 15.2. The number of carbonyl (C=O) groups is 1. The second-order valence-electron chi connectivity index (χ2n) is 3.20. The third-order valence-electron chi connectivity index (χ3n) is 1.93. The van der Waals surface area contributed by atoms with E-state index in [9.17, 15) is 18.0 Å². The fraction of sp³-hybridized carbons (Fsp3) is 0.400. The van der Waals surface area contributed by atoms with E-state index in [-0.39, 0.29) is 17.3 Å². The maximum Gasteiger partial charge on any atom is 0.417 e. The average molecular weight is 347 g/mol. The molecule has 0 radical (unpaired) electrons. The molecule has 0 saturated carbocycles. The zero-order chi connectivity index (χ0) is 13.9. The number of ether oxygens (including phenoxy) is 1. The summed E-state index contributed by atoms with van der Waals surface area (Å²) in [5.41, 5.74) is -0.983. The van der Waals surface area contributed by atoms with Crippen LogP contribution in [0, 0.1) is 0 Å². The van der Waals surface area contributed by atoms with Gasteiger partial charge in [0.25, 0.3) is 0 Å².